The second kappa shape index (κ2) is 2.56. The molecule has 2 aliphatic rings. The summed E-state index contributed by atoms with van der Waals surface area (Å²) in [5.41, 5.74) is 0.460. The fraction of sp³-hybridized carbons (Fsp3) is 0.500. The molecule has 2 N–H and O–H groups in total. The van der Waals surface area contributed by atoms with E-state index in [2.05, 4.69) is 10.6 Å². The molecular formula is C8H11N3O2. The van der Waals surface area contributed by atoms with E-state index in [1.165, 1.54) is 11.8 Å². The quantitative estimate of drug-likeness (QED) is 0.524. The van der Waals surface area contributed by atoms with Gasteiger partial charge in [0.15, 0.2) is 5.78 Å². The lowest BCUT2D eigenvalue weighted by Crippen LogP contribution is -2.70. The van der Waals surface area contributed by atoms with E-state index in [0.29, 0.717) is 5.70 Å². The molecule has 0 aromatic heterocycles. The predicted molar refractivity (Wildman–Crippen MR) is 45.4 cm³/mol. The Bertz CT molecular complexity index is 311. The Morgan fingerprint density at radius 3 is 2.92 bits per heavy atom. The van der Waals surface area contributed by atoms with E-state index in [9.17, 15) is 9.59 Å². The zero-order chi connectivity index (χ0) is 9.59. The average Bonchev–Trinajstić information content (AvgIpc) is 2.45. The molecule has 2 rings (SSSR count). The second-order valence-corrected chi connectivity index (χ2v) is 3.17. The molecule has 2 atom stereocenters. The van der Waals surface area contributed by atoms with Crippen molar-refractivity contribution >= 4 is 11.7 Å². The van der Waals surface area contributed by atoms with Gasteiger partial charge in [0.25, 0.3) is 0 Å². The summed E-state index contributed by atoms with van der Waals surface area (Å²) in [7, 11) is 1.73. The number of hydrogen-bond donors (Lipinski definition) is 2. The summed E-state index contributed by atoms with van der Waals surface area (Å²) in [5.74, 6) is -0.128. The Morgan fingerprint density at radius 1 is 1.69 bits per heavy atom. The molecule has 0 saturated carbocycles. The van der Waals surface area contributed by atoms with Crippen molar-refractivity contribution in [2.24, 2.45) is 0 Å². The maximum Gasteiger partial charge on any atom is 0.250 e. The highest BCUT2D eigenvalue weighted by Crippen LogP contribution is 2.27. The molecule has 0 radical (unpaired) electrons. The number of ketones is 1. The van der Waals surface area contributed by atoms with Gasteiger partial charge in [0, 0.05) is 13.1 Å². The second-order valence-electron chi connectivity index (χ2n) is 3.17. The Morgan fingerprint density at radius 2 is 2.38 bits per heavy atom. The van der Waals surface area contributed by atoms with Crippen molar-refractivity contribution in [3.05, 3.63) is 11.9 Å². The lowest BCUT2D eigenvalue weighted by molar-refractivity contribution is -0.148. The third-order valence-corrected chi connectivity index (χ3v) is 2.42. The molecule has 0 bridgehead atoms. The standard InChI is InChI=1S/C8H11N3O2/c1-4(12)5-3-10-7-6(9-2)8(13)11(5)7/h3,6-7,9-10H,1-2H3. The summed E-state index contributed by atoms with van der Waals surface area (Å²) in [4.78, 5) is 24.0. The third kappa shape index (κ3) is 0.904. The number of β-lactam (4-membered cyclic amide) rings is 1. The summed E-state index contributed by atoms with van der Waals surface area (Å²) in [5, 5.41) is 5.86. The van der Waals surface area contributed by atoms with Crippen molar-refractivity contribution < 1.29 is 9.59 Å². The first-order chi connectivity index (χ1) is 6.16. The van der Waals surface area contributed by atoms with Crippen molar-refractivity contribution in [1.82, 2.24) is 15.5 Å². The number of nitrogens with zero attached hydrogens (tertiary/aromatic N) is 1. The highest BCUT2D eigenvalue weighted by Gasteiger charge is 2.51. The zero-order valence-electron chi connectivity index (χ0n) is 7.50. The van der Waals surface area contributed by atoms with Crippen molar-refractivity contribution in [2.45, 2.75) is 19.1 Å². The first-order valence-electron chi connectivity index (χ1n) is 4.14. The van der Waals surface area contributed by atoms with Crippen LogP contribution in [0.1, 0.15) is 6.92 Å². The summed E-state index contributed by atoms with van der Waals surface area (Å²) in [6.07, 6.45) is 1.53. The van der Waals surface area contributed by atoms with Gasteiger partial charge in [-0.1, -0.05) is 0 Å². The number of carbonyl (C=O) groups is 2. The maximum absolute atomic E-state index is 11.4. The van der Waals surface area contributed by atoms with Gasteiger partial charge in [0.1, 0.15) is 17.9 Å². The van der Waals surface area contributed by atoms with E-state index in [4.69, 9.17) is 0 Å². The lowest BCUT2D eigenvalue weighted by Gasteiger charge is -2.42. The van der Waals surface area contributed by atoms with Crippen LogP contribution in [0.5, 0.6) is 0 Å². The molecule has 13 heavy (non-hydrogen) atoms. The minimum atomic E-state index is -0.201. The molecule has 2 aliphatic heterocycles. The number of amides is 1. The molecular weight excluding hydrogens is 170 g/mol. The maximum atomic E-state index is 11.4. The van der Waals surface area contributed by atoms with Crippen molar-refractivity contribution in [2.75, 3.05) is 7.05 Å². The summed E-state index contributed by atoms with van der Waals surface area (Å²) >= 11 is 0. The van der Waals surface area contributed by atoms with E-state index < -0.39 is 0 Å². The summed E-state index contributed by atoms with van der Waals surface area (Å²) < 4.78 is 0. The van der Waals surface area contributed by atoms with Gasteiger partial charge in [0.2, 0.25) is 5.91 Å². The van der Waals surface area contributed by atoms with E-state index in [0.717, 1.165) is 0 Å². The van der Waals surface area contributed by atoms with E-state index in [-0.39, 0.29) is 23.9 Å². The SMILES string of the molecule is CNC1C(=O)N2C(C(C)=O)=CNC12. The van der Waals surface area contributed by atoms with Crippen molar-refractivity contribution in [3.8, 4) is 0 Å². The highest BCUT2D eigenvalue weighted by molar-refractivity contribution is 6.02. The Labute approximate surface area is 75.8 Å². The van der Waals surface area contributed by atoms with Crippen LogP contribution in [0, 0.1) is 0 Å². The largest absolute Gasteiger partial charge is 0.367 e. The van der Waals surface area contributed by atoms with Crippen LogP contribution in [0.3, 0.4) is 0 Å². The van der Waals surface area contributed by atoms with Gasteiger partial charge >= 0.3 is 0 Å². The Kier molecular flexibility index (Phi) is 1.63. The average molecular weight is 181 g/mol. The van der Waals surface area contributed by atoms with Gasteiger partial charge in [-0.05, 0) is 7.05 Å². The molecule has 0 spiro atoms. The molecule has 2 heterocycles. The molecule has 70 valence electrons. The van der Waals surface area contributed by atoms with Crippen molar-refractivity contribution in [3.63, 3.8) is 0 Å². The molecule has 0 aliphatic carbocycles. The van der Waals surface area contributed by atoms with Crippen LogP contribution in [0.15, 0.2) is 11.9 Å². The normalized spacial score (nSPS) is 30.5. The number of nitrogens with one attached hydrogen (secondary N) is 2. The number of carbonyl (C=O) groups excluding carboxylic acids is 2. The van der Waals surface area contributed by atoms with Crippen molar-refractivity contribution in [1.29, 1.82) is 0 Å². The molecule has 0 aromatic carbocycles. The number of Topliss-reactive ketones (excluding diaryl/α,β-unsaturated/α-hetero) is 1. The molecule has 0 aromatic rings. The first-order valence-corrected chi connectivity index (χ1v) is 4.14. The van der Waals surface area contributed by atoms with Crippen LogP contribution >= 0.6 is 0 Å². The van der Waals surface area contributed by atoms with Gasteiger partial charge in [-0.2, -0.15) is 0 Å². The molecule has 5 nitrogen and oxygen atoms in total. The molecule has 2 unspecified atom stereocenters. The fourth-order valence-electron chi connectivity index (χ4n) is 1.71. The van der Waals surface area contributed by atoms with Gasteiger partial charge in [0.05, 0.1) is 0 Å². The number of allylic oxidation sites excluding steroid dienone is 1. The van der Waals surface area contributed by atoms with Crippen LogP contribution in [0.2, 0.25) is 0 Å². The van der Waals surface area contributed by atoms with Crippen LogP contribution in [-0.2, 0) is 9.59 Å². The van der Waals surface area contributed by atoms with Gasteiger partial charge in [-0.15, -0.1) is 0 Å². The highest BCUT2D eigenvalue weighted by atomic mass is 16.2. The minimum Gasteiger partial charge on any atom is -0.367 e. The van der Waals surface area contributed by atoms with Crippen LogP contribution in [-0.4, -0.2) is 35.8 Å². The van der Waals surface area contributed by atoms with Gasteiger partial charge in [-0.25, -0.2) is 0 Å². The topological polar surface area (TPSA) is 61.4 Å². The zero-order valence-corrected chi connectivity index (χ0v) is 7.50. The van der Waals surface area contributed by atoms with Crippen LogP contribution < -0.4 is 10.6 Å². The van der Waals surface area contributed by atoms with E-state index >= 15 is 0 Å². The lowest BCUT2D eigenvalue weighted by atomic mass is 10.0. The number of fused-ring (bicyclic) bond motifs is 1. The number of likely N-dealkylation sites (N-methyl/N-ethyl adjacent to an activating group) is 1. The minimum absolute atomic E-state index is 0.0426. The first kappa shape index (κ1) is 8.25. The fourth-order valence-corrected chi connectivity index (χ4v) is 1.71. The molecule has 1 saturated heterocycles. The smallest absolute Gasteiger partial charge is 0.250 e. The van der Waals surface area contributed by atoms with E-state index in [1.54, 1.807) is 13.2 Å². The van der Waals surface area contributed by atoms with E-state index in [1.807, 2.05) is 0 Å². The summed E-state index contributed by atoms with van der Waals surface area (Å²) in [6.45, 7) is 1.45. The number of rotatable bonds is 2. The predicted octanol–water partition coefficient (Wildman–Crippen LogP) is -1.22. The molecule has 1 amide bonds. The Hall–Kier alpha value is -1.36. The van der Waals surface area contributed by atoms with Crippen LogP contribution in [0.4, 0.5) is 0 Å². The Balaban J connectivity index is 2.18. The summed E-state index contributed by atoms with van der Waals surface area (Å²) in [6, 6.07) is -0.201. The van der Waals surface area contributed by atoms with Gasteiger partial charge < -0.3 is 10.6 Å². The number of hydrogen-bond acceptors (Lipinski definition) is 4. The third-order valence-electron chi connectivity index (χ3n) is 2.42. The van der Waals surface area contributed by atoms with Crippen LogP contribution in [0.25, 0.3) is 0 Å². The monoisotopic (exact) mass is 181 g/mol. The van der Waals surface area contributed by atoms with Gasteiger partial charge in [-0.3, -0.25) is 14.5 Å². The molecule has 1 fully saturated rings. The molecule has 5 heteroatoms.